The molecule has 2 aliphatic heterocycles. The molecule has 1 N–H and O–H groups in total. The number of cyclic esters (lactones) is 1. The third kappa shape index (κ3) is 3.49. The number of fused-ring (bicyclic) bond motifs is 3. The SMILES string of the molecule is COc1cc2c(c3c1CCC(C)(CC(=O)CC(C)(C)O)O3)C(=O)OC2. The van der Waals surface area contributed by atoms with Crippen LogP contribution in [0.2, 0.25) is 0 Å². The monoisotopic (exact) mass is 348 g/mol. The van der Waals surface area contributed by atoms with E-state index >= 15 is 0 Å². The highest BCUT2D eigenvalue weighted by molar-refractivity contribution is 5.97. The van der Waals surface area contributed by atoms with Crippen LogP contribution in [-0.4, -0.2) is 35.2 Å². The van der Waals surface area contributed by atoms with Crippen molar-refractivity contribution < 1.29 is 28.9 Å². The van der Waals surface area contributed by atoms with Crippen LogP contribution in [-0.2, 0) is 22.6 Å². The Morgan fingerprint density at radius 3 is 2.80 bits per heavy atom. The maximum atomic E-state index is 12.3. The largest absolute Gasteiger partial charge is 0.496 e. The number of ketones is 1. The van der Waals surface area contributed by atoms with Gasteiger partial charge >= 0.3 is 5.97 Å². The summed E-state index contributed by atoms with van der Waals surface area (Å²) in [4.78, 5) is 24.4. The Hall–Kier alpha value is -2.08. The van der Waals surface area contributed by atoms with Crippen molar-refractivity contribution in [2.45, 2.75) is 64.3 Å². The number of aliphatic hydroxyl groups is 1. The Bertz CT molecular complexity index is 730. The normalized spacial score (nSPS) is 21.9. The van der Waals surface area contributed by atoms with Gasteiger partial charge in [0.25, 0.3) is 0 Å². The molecule has 1 unspecified atom stereocenters. The fraction of sp³-hybridized carbons (Fsp3) is 0.579. The average molecular weight is 348 g/mol. The second-order valence-electron chi connectivity index (χ2n) is 7.75. The maximum Gasteiger partial charge on any atom is 0.342 e. The highest BCUT2D eigenvalue weighted by Crippen LogP contribution is 2.45. The first-order chi connectivity index (χ1) is 11.6. The molecule has 6 heteroatoms. The molecule has 25 heavy (non-hydrogen) atoms. The number of esters is 1. The van der Waals surface area contributed by atoms with E-state index in [0.717, 1.165) is 11.1 Å². The van der Waals surface area contributed by atoms with E-state index in [4.69, 9.17) is 14.2 Å². The smallest absolute Gasteiger partial charge is 0.342 e. The molecule has 2 aliphatic rings. The lowest BCUT2D eigenvalue weighted by atomic mass is 9.85. The van der Waals surface area contributed by atoms with Crippen LogP contribution < -0.4 is 9.47 Å². The number of benzene rings is 1. The minimum absolute atomic E-state index is 0.0665. The fourth-order valence-corrected chi connectivity index (χ4v) is 3.58. The van der Waals surface area contributed by atoms with Crippen molar-refractivity contribution in [1.29, 1.82) is 0 Å². The van der Waals surface area contributed by atoms with E-state index in [1.165, 1.54) is 0 Å². The Balaban J connectivity index is 1.91. The molecule has 136 valence electrons. The summed E-state index contributed by atoms with van der Waals surface area (Å²) in [5, 5.41) is 9.85. The lowest BCUT2D eigenvalue weighted by Gasteiger charge is -2.37. The summed E-state index contributed by atoms with van der Waals surface area (Å²) in [6.07, 6.45) is 1.52. The predicted octanol–water partition coefficient (Wildman–Crippen LogP) is 2.57. The zero-order valence-electron chi connectivity index (χ0n) is 15.1. The molecule has 0 aliphatic carbocycles. The van der Waals surface area contributed by atoms with Crippen LogP contribution in [0, 0.1) is 0 Å². The number of Topliss-reactive ketones (excluding diaryl/α,β-unsaturated/α-hetero) is 1. The summed E-state index contributed by atoms with van der Waals surface area (Å²) in [5.74, 6) is 0.681. The summed E-state index contributed by atoms with van der Waals surface area (Å²) in [6, 6.07) is 1.82. The molecule has 2 heterocycles. The van der Waals surface area contributed by atoms with Gasteiger partial charge in [0.15, 0.2) is 0 Å². The molecular weight excluding hydrogens is 324 g/mol. The van der Waals surface area contributed by atoms with Gasteiger partial charge in [0.2, 0.25) is 0 Å². The van der Waals surface area contributed by atoms with Gasteiger partial charge in [-0.3, -0.25) is 4.79 Å². The van der Waals surface area contributed by atoms with Crippen LogP contribution in [0.15, 0.2) is 6.07 Å². The zero-order valence-corrected chi connectivity index (χ0v) is 15.1. The summed E-state index contributed by atoms with van der Waals surface area (Å²) >= 11 is 0. The van der Waals surface area contributed by atoms with Gasteiger partial charge in [0.05, 0.1) is 12.7 Å². The van der Waals surface area contributed by atoms with Gasteiger partial charge in [-0.1, -0.05) is 0 Å². The van der Waals surface area contributed by atoms with E-state index in [-0.39, 0.29) is 25.2 Å². The van der Waals surface area contributed by atoms with Crippen LogP contribution in [0.3, 0.4) is 0 Å². The minimum atomic E-state index is -1.05. The molecule has 3 rings (SSSR count). The first-order valence-corrected chi connectivity index (χ1v) is 8.45. The second-order valence-corrected chi connectivity index (χ2v) is 7.75. The van der Waals surface area contributed by atoms with Crippen LogP contribution in [0.5, 0.6) is 11.5 Å². The average Bonchev–Trinajstić information content (AvgIpc) is 2.85. The van der Waals surface area contributed by atoms with Crippen molar-refractivity contribution in [2.24, 2.45) is 0 Å². The Morgan fingerprint density at radius 1 is 1.44 bits per heavy atom. The summed E-state index contributed by atoms with van der Waals surface area (Å²) in [7, 11) is 1.58. The highest BCUT2D eigenvalue weighted by Gasteiger charge is 2.40. The Labute approximate surface area is 147 Å². The van der Waals surface area contributed by atoms with E-state index in [2.05, 4.69) is 0 Å². The molecule has 0 aromatic heterocycles. The molecule has 0 amide bonds. The first kappa shape index (κ1) is 17.7. The van der Waals surface area contributed by atoms with Crippen LogP contribution in [0.1, 0.15) is 61.5 Å². The third-order valence-corrected chi connectivity index (χ3v) is 4.66. The van der Waals surface area contributed by atoms with Crippen molar-refractivity contribution in [3.63, 3.8) is 0 Å². The Morgan fingerprint density at radius 2 is 2.16 bits per heavy atom. The van der Waals surface area contributed by atoms with Gasteiger partial charge in [-0.05, 0) is 39.7 Å². The standard InChI is InChI=1S/C19H24O6/c1-18(2,22)8-12(20)9-19(3)6-5-13-14(23-4)7-11-10-24-17(21)15(11)16(13)25-19/h7,22H,5-6,8-10H2,1-4H3. The van der Waals surface area contributed by atoms with Gasteiger partial charge in [0, 0.05) is 24.0 Å². The van der Waals surface area contributed by atoms with Gasteiger partial charge in [0.1, 0.15) is 35.1 Å². The number of methoxy groups -OCH3 is 1. The second kappa shape index (κ2) is 6.02. The number of carbonyl (C=O) groups excluding carboxylic acids is 2. The van der Waals surface area contributed by atoms with E-state index in [1.807, 2.05) is 13.0 Å². The van der Waals surface area contributed by atoms with Crippen molar-refractivity contribution in [2.75, 3.05) is 7.11 Å². The summed E-state index contributed by atoms with van der Waals surface area (Å²) in [5.41, 5.74) is 0.254. The molecule has 0 bridgehead atoms. The van der Waals surface area contributed by atoms with Gasteiger partial charge < -0.3 is 19.3 Å². The molecule has 1 atom stereocenters. The molecule has 1 aromatic carbocycles. The molecule has 0 spiro atoms. The van der Waals surface area contributed by atoms with Crippen molar-refractivity contribution in [3.8, 4) is 11.5 Å². The maximum absolute atomic E-state index is 12.3. The van der Waals surface area contributed by atoms with E-state index in [1.54, 1.807) is 21.0 Å². The van der Waals surface area contributed by atoms with Crippen molar-refractivity contribution in [1.82, 2.24) is 0 Å². The van der Waals surface area contributed by atoms with Crippen molar-refractivity contribution >= 4 is 11.8 Å². The van der Waals surface area contributed by atoms with Crippen LogP contribution >= 0.6 is 0 Å². The van der Waals surface area contributed by atoms with Gasteiger partial charge in [-0.2, -0.15) is 0 Å². The molecule has 0 saturated heterocycles. The number of hydrogen-bond acceptors (Lipinski definition) is 6. The van der Waals surface area contributed by atoms with Crippen LogP contribution in [0.25, 0.3) is 0 Å². The Kier molecular flexibility index (Phi) is 4.27. The molecule has 6 nitrogen and oxygen atoms in total. The highest BCUT2D eigenvalue weighted by atomic mass is 16.5. The predicted molar refractivity (Wildman–Crippen MR) is 90.0 cm³/mol. The number of carbonyl (C=O) groups is 2. The van der Waals surface area contributed by atoms with E-state index < -0.39 is 17.2 Å². The first-order valence-electron chi connectivity index (χ1n) is 8.45. The molecule has 0 saturated carbocycles. The summed E-state index contributed by atoms with van der Waals surface area (Å²) < 4.78 is 16.7. The number of ether oxygens (including phenoxy) is 3. The van der Waals surface area contributed by atoms with E-state index in [0.29, 0.717) is 29.9 Å². The van der Waals surface area contributed by atoms with Gasteiger partial charge in [-0.25, -0.2) is 4.79 Å². The van der Waals surface area contributed by atoms with E-state index in [9.17, 15) is 14.7 Å². The number of rotatable bonds is 5. The molecular formula is C19H24O6. The lowest BCUT2D eigenvalue weighted by Crippen LogP contribution is -2.40. The third-order valence-electron chi connectivity index (χ3n) is 4.66. The minimum Gasteiger partial charge on any atom is -0.496 e. The quantitative estimate of drug-likeness (QED) is 0.824. The van der Waals surface area contributed by atoms with Gasteiger partial charge in [-0.15, -0.1) is 0 Å². The zero-order chi connectivity index (χ0) is 18.4. The fourth-order valence-electron chi connectivity index (χ4n) is 3.58. The topological polar surface area (TPSA) is 82.1 Å². The van der Waals surface area contributed by atoms with Crippen molar-refractivity contribution in [3.05, 3.63) is 22.8 Å². The van der Waals surface area contributed by atoms with Crippen LogP contribution in [0.4, 0.5) is 0 Å². The molecule has 1 aromatic rings. The number of hydrogen-bond donors (Lipinski definition) is 1. The molecule has 0 fully saturated rings. The summed E-state index contributed by atoms with van der Waals surface area (Å²) in [6.45, 7) is 5.29. The molecule has 0 radical (unpaired) electrons. The lowest BCUT2D eigenvalue weighted by molar-refractivity contribution is -0.126.